The van der Waals surface area contributed by atoms with Crippen molar-refractivity contribution in [1.29, 1.82) is 0 Å². The van der Waals surface area contributed by atoms with Crippen molar-refractivity contribution in [3.05, 3.63) is 77.9 Å². The lowest BCUT2D eigenvalue weighted by atomic mass is 9.90. The van der Waals surface area contributed by atoms with E-state index in [1.165, 1.54) is 5.57 Å². The number of ether oxygens (including phenoxy) is 4. The summed E-state index contributed by atoms with van der Waals surface area (Å²) in [6, 6.07) is 7.94. The van der Waals surface area contributed by atoms with E-state index in [0.717, 1.165) is 36.8 Å². The standard InChI is InChI=1S/C32H42O6/c1-20-13-14-35-25(16-20)11-12-27(33)30-19-31-32(38-31)28(34)18-22(3)15-21(2)17-26-5-4-6-29(37-26)23-7-9-24(36-30)10-8-23/h4,6-13,21,25-34H,3,5,14-19H2,1-2H3/b12-11+/t21-,25+,26-,27-,28-,29-,30-,31-,32-/m0/s1. The van der Waals surface area contributed by atoms with Gasteiger partial charge >= 0.3 is 0 Å². The first-order valence-electron chi connectivity index (χ1n) is 14.1. The number of benzene rings is 1. The minimum atomic E-state index is -0.849. The second kappa shape index (κ2) is 12.3. The van der Waals surface area contributed by atoms with Crippen molar-refractivity contribution >= 4 is 0 Å². The molecule has 6 heteroatoms. The van der Waals surface area contributed by atoms with Gasteiger partial charge in [0.05, 0.1) is 31.0 Å². The van der Waals surface area contributed by atoms with Crippen LogP contribution in [-0.2, 0) is 14.2 Å². The summed E-state index contributed by atoms with van der Waals surface area (Å²) in [5.74, 6) is 1.09. The van der Waals surface area contributed by atoms with Gasteiger partial charge in [-0.2, -0.15) is 0 Å². The SMILES string of the molecule is C=C1C[C@H](C)C[C@@H]2CC=C[C@H](O2)c2ccc(cc2)O[C@H]([C@@H](O)/C=C/[C@@H]2CC(C)=CCO2)C[C@@H]2O[C@H]2[C@@H](O)C1. The fourth-order valence-corrected chi connectivity index (χ4v) is 5.86. The quantitative estimate of drug-likeness (QED) is 0.411. The first-order chi connectivity index (χ1) is 18.3. The van der Waals surface area contributed by atoms with Crippen molar-refractivity contribution in [2.75, 3.05) is 6.61 Å². The molecule has 1 aromatic rings. The summed E-state index contributed by atoms with van der Waals surface area (Å²) in [6.07, 6.45) is 12.2. The lowest BCUT2D eigenvalue weighted by molar-refractivity contribution is -0.00729. The smallest absolute Gasteiger partial charge is 0.131 e. The molecule has 0 aromatic heterocycles. The summed E-state index contributed by atoms with van der Waals surface area (Å²) >= 11 is 0. The summed E-state index contributed by atoms with van der Waals surface area (Å²) in [6.45, 7) is 9.15. The molecule has 5 heterocycles. The van der Waals surface area contributed by atoms with Gasteiger partial charge in [-0.1, -0.05) is 67.2 Å². The van der Waals surface area contributed by atoms with Gasteiger partial charge in [0.15, 0.2) is 0 Å². The molecule has 1 aromatic carbocycles. The molecule has 0 aliphatic carbocycles. The van der Waals surface area contributed by atoms with Crippen molar-refractivity contribution in [3.8, 4) is 5.75 Å². The Morgan fingerprint density at radius 3 is 2.68 bits per heavy atom. The average Bonchev–Trinajstić information content (AvgIpc) is 3.66. The molecule has 2 N–H and O–H groups in total. The third-order valence-corrected chi connectivity index (χ3v) is 7.98. The van der Waals surface area contributed by atoms with Crippen LogP contribution < -0.4 is 4.74 Å². The molecule has 38 heavy (non-hydrogen) atoms. The van der Waals surface area contributed by atoms with E-state index in [9.17, 15) is 10.2 Å². The average molecular weight is 523 g/mol. The van der Waals surface area contributed by atoms with E-state index >= 15 is 0 Å². The summed E-state index contributed by atoms with van der Waals surface area (Å²) in [5, 5.41) is 22.0. The van der Waals surface area contributed by atoms with Gasteiger partial charge < -0.3 is 29.2 Å². The highest BCUT2D eigenvalue weighted by Crippen LogP contribution is 2.36. The molecule has 1 fully saturated rings. The molecule has 5 aliphatic heterocycles. The maximum absolute atomic E-state index is 11.1. The normalized spacial score (nSPS) is 37.1. The minimum Gasteiger partial charge on any atom is -0.487 e. The van der Waals surface area contributed by atoms with E-state index in [4.69, 9.17) is 18.9 Å². The van der Waals surface area contributed by atoms with E-state index in [-0.39, 0.29) is 30.5 Å². The Kier molecular flexibility index (Phi) is 8.86. The van der Waals surface area contributed by atoms with Gasteiger partial charge in [0.25, 0.3) is 0 Å². The number of fused-ring (bicyclic) bond motifs is 9. The molecule has 0 unspecified atom stereocenters. The number of aliphatic hydroxyl groups is 2. The molecule has 0 spiro atoms. The zero-order valence-corrected chi connectivity index (χ0v) is 22.6. The number of epoxide rings is 1. The molecular weight excluding hydrogens is 480 g/mol. The Labute approximate surface area is 226 Å². The molecule has 206 valence electrons. The number of hydrogen-bond donors (Lipinski definition) is 2. The van der Waals surface area contributed by atoms with Crippen molar-refractivity contribution in [1.82, 2.24) is 0 Å². The Hall–Kier alpha value is -2.22. The maximum Gasteiger partial charge on any atom is 0.131 e. The summed E-state index contributed by atoms with van der Waals surface area (Å²) in [4.78, 5) is 0. The largest absolute Gasteiger partial charge is 0.487 e. The monoisotopic (exact) mass is 522 g/mol. The second-order valence-electron chi connectivity index (χ2n) is 11.5. The van der Waals surface area contributed by atoms with Gasteiger partial charge in [0.2, 0.25) is 0 Å². The molecule has 5 aliphatic rings. The molecule has 0 radical (unpaired) electrons. The van der Waals surface area contributed by atoms with Gasteiger partial charge in [-0.3, -0.25) is 0 Å². The lowest BCUT2D eigenvalue weighted by Crippen LogP contribution is -2.33. The maximum atomic E-state index is 11.1. The van der Waals surface area contributed by atoms with E-state index in [0.29, 0.717) is 31.1 Å². The van der Waals surface area contributed by atoms with Crippen molar-refractivity contribution in [3.63, 3.8) is 0 Å². The van der Waals surface area contributed by atoms with Crippen LogP contribution in [0.15, 0.2) is 72.4 Å². The molecule has 4 bridgehead atoms. The van der Waals surface area contributed by atoms with Crippen molar-refractivity contribution in [2.24, 2.45) is 5.92 Å². The molecular formula is C32H42O6. The molecule has 1 saturated heterocycles. The fraction of sp³-hybridized carbons (Fsp3) is 0.562. The van der Waals surface area contributed by atoms with Crippen LogP contribution >= 0.6 is 0 Å². The van der Waals surface area contributed by atoms with Crippen molar-refractivity contribution in [2.45, 2.75) is 101 Å². The van der Waals surface area contributed by atoms with Crippen molar-refractivity contribution < 1.29 is 29.2 Å². The van der Waals surface area contributed by atoms with Crippen LogP contribution in [0.25, 0.3) is 0 Å². The number of hydrogen-bond acceptors (Lipinski definition) is 6. The van der Waals surface area contributed by atoms with E-state index < -0.39 is 18.3 Å². The van der Waals surface area contributed by atoms with Crippen LogP contribution in [-0.4, -0.2) is 59.5 Å². The highest BCUT2D eigenvalue weighted by atomic mass is 16.6. The molecule has 6 nitrogen and oxygen atoms in total. The van der Waals surface area contributed by atoms with Gasteiger partial charge in [-0.15, -0.1) is 0 Å². The van der Waals surface area contributed by atoms with E-state index in [1.807, 2.05) is 30.3 Å². The summed E-state index contributed by atoms with van der Waals surface area (Å²) < 4.78 is 24.4. The van der Waals surface area contributed by atoms with Gasteiger partial charge in [-0.05, 0) is 62.6 Å². The first kappa shape index (κ1) is 27.4. The van der Waals surface area contributed by atoms with E-state index in [1.54, 1.807) is 6.08 Å². The predicted molar refractivity (Wildman–Crippen MR) is 147 cm³/mol. The zero-order valence-electron chi connectivity index (χ0n) is 22.6. The molecule has 9 atom stereocenters. The van der Waals surface area contributed by atoms with Gasteiger partial charge in [-0.25, -0.2) is 0 Å². The van der Waals surface area contributed by atoms with Crippen LogP contribution in [0.2, 0.25) is 0 Å². The van der Waals surface area contributed by atoms with Gasteiger partial charge in [0.1, 0.15) is 30.2 Å². The summed E-state index contributed by atoms with van der Waals surface area (Å²) in [7, 11) is 0. The fourth-order valence-electron chi connectivity index (χ4n) is 5.86. The number of rotatable bonds is 3. The van der Waals surface area contributed by atoms with E-state index in [2.05, 4.69) is 38.7 Å². The van der Waals surface area contributed by atoms with Crippen LogP contribution in [0.1, 0.15) is 64.0 Å². The first-order valence-corrected chi connectivity index (χ1v) is 14.1. The number of aliphatic hydroxyl groups excluding tert-OH is 2. The third kappa shape index (κ3) is 7.25. The van der Waals surface area contributed by atoms with Crippen LogP contribution in [0, 0.1) is 5.92 Å². The Morgan fingerprint density at radius 2 is 1.89 bits per heavy atom. The highest BCUT2D eigenvalue weighted by molar-refractivity contribution is 5.31. The van der Waals surface area contributed by atoms with Crippen LogP contribution in [0.3, 0.4) is 0 Å². The second-order valence-corrected chi connectivity index (χ2v) is 11.5. The molecule has 0 saturated carbocycles. The Balaban J connectivity index is 1.34. The van der Waals surface area contributed by atoms with Crippen LogP contribution in [0.5, 0.6) is 5.75 Å². The zero-order chi connectivity index (χ0) is 26.6. The molecule has 0 amide bonds. The highest BCUT2D eigenvalue weighted by Gasteiger charge is 2.46. The third-order valence-electron chi connectivity index (χ3n) is 7.98. The minimum absolute atomic E-state index is 0.0549. The lowest BCUT2D eigenvalue weighted by Gasteiger charge is -2.29. The van der Waals surface area contributed by atoms with Gasteiger partial charge in [0, 0.05) is 6.42 Å². The predicted octanol–water partition coefficient (Wildman–Crippen LogP) is 5.37. The van der Waals surface area contributed by atoms with Crippen LogP contribution in [0.4, 0.5) is 0 Å². The molecule has 6 rings (SSSR count). The summed E-state index contributed by atoms with van der Waals surface area (Å²) in [5.41, 5.74) is 3.40. The topological polar surface area (TPSA) is 80.7 Å². The Morgan fingerprint density at radius 1 is 1.08 bits per heavy atom. The Bertz CT molecular complexity index is 1040.